The lowest BCUT2D eigenvalue weighted by Crippen LogP contribution is -2.40. The molecule has 3 aromatic carbocycles. The maximum Gasteiger partial charge on any atom is 0.338 e. The van der Waals surface area contributed by atoms with Gasteiger partial charge in [0.2, 0.25) is 0 Å². The van der Waals surface area contributed by atoms with E-state index in [2.05, 4.69) is 0 Å². The van der Waals surface area contributed by atoms with E-state index in [1.807, 2.05) is 30.3 Å². The number of hydrogen-bond acceptors (Lipinski definition) is 10. The fraction of sp³-hybridized carbons (Fsp3) is 0.147. The number of nitrogens with zero attached hydrogens (tertiary/aromatic N) is 3. The molecule has 3 heterocycles. The molecule has 6 rings (SSSR count). The Morgan fingerprint density at radius 2 is 1.76 bits per heavy atom. The van der Waals surface area contributed by atoms with E-state index in [4.69, 9.17) is 23.6 Å². The third kappa shape index (κ3) is 5.50. The van der Waals surface area contributed by atoms with Gasteiger partial charge >= 0.3 is 5.97 Å². The van der Waals surface area contributed by atoms with Crippen molar-refractivity contribution in [2.24, 2.45) is 4.99 Å². The molecule has 0 spiro atoms. The number of nitro benzene ring substituents is 1. The van der Waals surface area contributed by atoms with Crippen molar-refractivity contribution in [1.29, 1.82) is 0 Å². The van der Waals surface area contributed by atoms with Gasteiger partial charge in [0.05, 0.1) is 53.2 Å². The molecule has 1 atom stereocenters. The molecule has 1 aliphatic rings. The molecular weight excluding hydrogens is 610 g/mol. The van der Waals surface area contributed by atoms with Crippen LogP contribution in [0.5, 0.6) is 11.5 Å². The molecule has 11 nitrogen and oxygen atoms in total. The largest absolute Gasteiger partial charge is 0.493 e. The normalized spacial score (nSPS) is 14.4. The number of esters is 1. The average molecular weight is 638 g/mol. The summed E-state index contributed by atoms with van der Waals surface area (Å²) in [4.78, 5) is 44.2. The molecule has 1 unspecified atom stereocenters. The van der Waals surface area contributed by atoms with E-state index < -0.39 is 22.5 Å². The topological polar surface area (TPSA) is 135 Å². The molecule has 0 aliphatic carbocycles. The lowest BCUT2D eigenvalue weighted by atomic mass is 9.93. The molecule has 0 fully saturated rings. The Balaban J connectivity index is 1.58. The summed E-state index contributed by atoms with van der Waals surface area (Å²) in [6.07, 6.45) is 1.56. The number of furan rings is 1. The van der Waals surface area contributed by atoms with Crippen LogP contribution < -0.4 is 24.4 Å². The minimum absolute atomic E-state index is 0.0994. The number of carbonyl (C=O) groups is 1. The third-order valence-electron chi connectivity index (χ3n) is 7.36. The molecule has 2 aromatic heterocycles. The molecule has 0 N–H and O–H groups in total. The molecule has 12 heteroatoms. The fourth-order valence-electron chi connectivity index (χ4n) is 5.32. The maximum absolute atomic E-state index is 14.2. The first-order valence-corrected chi connectivity index (χ1v) is 15.0. The number of benzene rings is 3. The highest BCUT2D eigenvalue weighted by atomic mass is 32.1. The van der Waals surface area contributed by atoms with Crippen molar-refractivity contribution in [3.8, 4) is 22.8 Å². The van der Waals surface area contributed by atoms with Gasteiger partial charge in [0, 0.05) is 17.7 Å². The highest BCUT2D eigenvalue weighted by molar-refractivity contribution is 7.07. The summed E-state index contributed by atoms with van der Waals surface area (Å²) in [6.45, 7) is 1.83. The monoisotopic (exact) mass is 637 g/mol. The van der Waals surface area contributed by atoms with Crippen molar-refractivity contribution in [3.05, 3.63) is 137 Å². The summed E-state index contributed by atoms with van der Waals surface area (Å²) in [7, 11) is 3.03. The fourth-order valence-corrected chi connectivity index (χ4v) is 6.31. The summed E-state index contributed by atoms with van der Waals surface area (Å²) in [5.74, 6) is 0.886. The summed E-state index contributed by atoms with van der Waals surface area (Å²) in [5.41, 5.74) is 1.62. The number of ether oxygens (including phenoxy) is 3. The second-order valence-electron chi connectivity index (χ2n) is 10.0. The van der Waals surface area contributed by atoms with Gasteiger partial charge in [-0.15, -0.1) is 0 Å². The summed E-state index contributed by atoms with van der Waals surface area (Å²) in [5, 5.41) is 11.6. The third-order valence-corrected chi connectivity index (χ3v) is 8.35. The molecule has 0 amide bonds. The molecule has 5 aromatic rings. The number of nitro groups is 1. The van der Waals surface area contributed by atoms with Crippen LogP contribution >= 0.6 is 11.3 Å². The zero-order valence-corrected chi connectivity index (χ0v) is 25.8. The number of hydrogen-bond donors (Lipinski definition) is 0. The van der Waals surface area contributed by atoms with E-state index in [1.165, 1.54) is 24.9 Å². The number of fused-ring (bicyclic) bond motifs is 1. The zero-order valence-electron chi connectivity index (χ0n) is 25.0. The van der Waals surface area contributed by atoms with E-state index in [0.717, 1.165) is 11.3 Å². The summed E-state index contributed by atoms with van der Waals surface area (Å²) >= 11 is 1.13. The first-order valence-electron chi connectivity index (χ1n) is 14.2. The molecule has 0 radical (unpaired) electrons. The standard InChI is InChI=1S/C34H27N3O8S/c1-4-44-33(39)29-30(20-10-6-5-7-11-20)35-34-36(31(29)21-14-16-26(42-2)27(18-21)43-3)32(38)28(46-34)19-22-15-17-25(45-22)23-12-8-9-13-24(23)37(40)41/h5-19,31H,4H2,1-3H3/b28-19-. The molecule has 0 bridgehead atoms. The molecule has 1 aliphatic heterocycles. The van der Waals surface area contributed by atoms with E-state index >= 15 is 0 Å². The van der Waals surface area contributed by atoms with Crippen LogP contribution in [0.4, 0.5) is 5.69 Å². The first kappa shape index (κ1) is 30.3. The smallest absolute Gasteiger partial charge is 0.338 e. The molecule has 46 heavy (non-hydrogen) atoms. The van der Waals surface area contributed by atoms with Gasteiger partial charge in [0.1, 0.15) is 11.5 Å². The number of methoxy groups -OCH3 is 2. The van der Waals surface area contributed by atoms with E-state index in [1.54, 1.807) is 61.5 Å². The predicted octanol–water partition coefficient (Wildman–Crippen LogP) is 5.12. The zero-order chi connectivity index (χ0) is 32.4. The maximum atomic E-state index is 14.2. The lowest BCUT2D eigenvalue weighted by molar-refractivity contribution is -0.384. The highest BCUT2D eigenvalue weighted by Gasteiger charge is 2.35. The van der Waals surface area contributed by atoms with Crippen LogP contribution in [0.25, 0.3) is 23.1 Å². The number of thiazole rings is 1. The van der Waals surface area contributed by atoms with Crippen molar-refractivity contribution in [3.63, 3.8) is 0 Å². The molecule has 0 saturated carbocycles. The second kappa shape index (κ2) is 12.7. The quantitative estimate of drug-likeness (QED) is 0.123. The van der Waals surface area contributed by atoms with Gasteiger partial charge in [-0.2, -0.15) is 0 Å². The van der Waals surface area contributed by atoms with Gasteiger partial charge in [-0.25, -0.2) is 9.79 Å². The second-order valence-corrected chi connectivity index (χ2v) is 11.0. The lowest BCUT2D eigenvalue weighted by Gasteiger charge is -2.26. The Morgan fingerprint density at radius 3 is 2.48 bits per heavy atom. The Kier molecular flexibility index (Phi) is 8.36. The molecule has 232 valence electrons. The van der Waals surface area contributed by atoms with Crippen molar-refractivity contribution in [1.82, 2.24) is 4.57 Å². The highest BCUT2D eigenvalue weighted by Crippen LogP contribution is 2.38. The van der Waals surface area contributed by atoms with Crippen molar-refractivity contribution in [2.75, 3.05) is 20.8 Å². The first-order chi connectivity index (χ1) is 22.3. The van der Waals surface area contributed by atoms with Gasteiger partial charge in [-0.3, -0.25) is 19.5 Å². The number of para-hydroxylation sites is 1. The van der Waals surface area contributed by atoms with E-state index in [-0.39, 0.29) is 28.2 Å². The Labute approximate surface area is 266 Å². The van der Waals surface area contributed by atoms with Gasteiger partial charge < -0.3 is 18.6 Å². The van der Waals surface area contributed by atoms with Gasteiger partial charge in [0.25, 0.3) is 11.2 Å². The van der Waals surface area contributed by atoms with Crippen LogP contribution in [0.2, 0.25) is 0 Å². The molecule has 0 saturated heterocycles. The van der Waals surface area contributed by atoms with Crippen LogP contribution in [0.3, 0.4) is 0 Å². The Bertz CT molecular complexity index is 2180. The summed E-state index contributed by atoms with van der Waals surface area (Å²) in [6, 6.07) is 23.0. The van der Waals surface area contributed by atoms with Crippen LogP contribution in [0.15, 0.2) is 105 Å². The predicted molar refractivity (Wildman–Crippen MR) is 171 cm³/mol. The van der Waals surface area contributed by atoms with Crippen molar-refractivity contribution >= 4 is 34.8 Å². The molecular formula is C34H27N3O8S. The van der Waals surface area contributed by atoms with Crippen LogP contribution in [-0.2, 0) is 9.53 Å². The SMILES string of the molecule is CCOC(=O)C1=C(c2ccccc2)N=c2s/c(=C\c3ccc(-c4ccccc4[N+](=O)[O-])o3)c(=O)n2C1c1ccc(OC)c(OC)c1. The van der Waals surface area contributed by atoms with Crippen molar-refractivity contribution in [2.45, 2.75) is 13.0 Å². The van der Waals surface area contributed by atoms with Crippen molar-refractivity contribution < 1.29 is 28.3 Å². The van der Waals surface area contributed by atoms with Gasteiger partial charge in [-0.1, -0.05) is 59.9 Å². The summed E-state index contributed by atoms with van der Waals surface area (Å²) < 4.78 is 24.2. The Morgan fingerprint density at radius 1 is 1.02 bits per heavy atom. The minimum atomic E-state index is -0.924. The van der Waals surface area contributed by atoms with Gasteiger partial charge in [0.15, 0.2) is 16.3 Å². The van der Waals surface area contributed by atoms with E-state index in [0.29, 0.717) is 44.4 Å². The van der Waals surface area contributed by atoms with Crippen LogP contribution in [0, 0.1) is 10.1 Å². The minimum Gasteiger partial charge on any atom is -0.493 e. The van der Waals surface area contributed by atoms with Gasteiger partial charge in [-0.05, 0) is 42.8 Å². The average Bonchev–Trinajstić information content (AvgIpc) is 3.67. The number of rotatable bonds is 9. The van der Waals surface area contributed by atoms with Crippen LogP contribution in [-0.4, -0.2) is 36.3 Å². The number of aromatic nitrogens is 1. The van der Waals surface area contributed by atoms with E-state index in [9.17, 15) is 19.7 Å². The van der Waals surface area contributed by atoms with Crippen LogP contribution in [0.1, 0.15) is 29.9 Å². The number of carbonyl (C=O) groups excluding carboxylic acids is 1. The Hall–Kier alpha value is -5.75.